The van der Waals surface area contributed by atoms with E-state index in [-0.39, 0.29) is 5.76 Å². The summed E-state index contributed by atoms with van der Waals surface area (Å²) < 4.78 is 14.7. The van der Waals surface area contributed by atoms with E-state index in [1.807, 2.05) is 0 Å². The van der Waals surface area contributed by atoms with Crippen LogP contribution in [0.5, 0.6) is 0 Å². The Labute approximate surface area is 116 Å². The van der Waals surface area contributed by atoms with Gasteiger partial charge in [0.05, 0.1) is 12.6 Å². The zero-order valence-electron chi connectivity index (χ0n) is 12.0. The topological polar surface area (TPSA) is 90.7 Å². The number of amides is 1. The maximum absolute atomic E-state index is 11.8. The predicted molar refractivity (Wildman–Crippen MR) is 68.1 cm³/mol. The van der Waals surface area contributed by atoms with E-state index in [0.717, 1.165) is 12.8 Å². The van der Waals surface area contributed by atoms with Crippen molar-refractivity contribution in [3.05, 3.63) is 17.5 Å². The van der Waals surface area contributed by atoms with E-state index in [1.54, 1.807) is 20.8 Å². The first-order valence-electron chi connectivity index (χ1n) is 6.32. The molecule has 1 aromatic heterocycles. The second-order valence-electron chi connectivity index (χ2n) is 5.78. The van der Waals surface area contributed by atoms with Crippen molar-refractivity contribution in [1.82, 2.24) is 10.5 Å². The van der Waals surface area contributed by atoms with Crippen LogP contribution >= 0.6 is 0 Å². The average molecular weight is 282 g/mol. The van der Waals surface area contributed by atoms with Crippen molar-refractivity contribution in [3.63, 3.8) is 0 Å². The Morgan fingerprint density at radius 3 is 2.55 bits per heavy atom. The van der Waals surface area contributed by atoms with Gasteiger partial charge in [-0.05, 0) is 33.6 Å². The zero-order chi connectivity index (χ0) is 15.0. The van der Waals surface area contributed by atoms with Crippen LogP contribution in [0.2, 0.25) is 0 Å². The molecule has 1 aliphatic rings. The van der Waals surface area contributed by atoms with Crippen molar-refractivity contribution < 1.29 is 23.6 Å². The lowest BCUT2D eigenvalue weighted by Gasteiger charge is -2.22. The van der Waals surface area contributed by atoms with Crippen LogP contribution in [-0.4, -0.2) is 29.9 Å². The monoisotopic (exact) mass is 282 g/mol. The molecular formula is C13H18N2O5. The third kappa shape index (κ3) is 3.09. The first kappa shape index (κ1) is 14.4. The molecule has 1 fully saturated rings. The molecule has 1 heterocycles. The van der Waals surface area contributed by atoms with Gasteiger partial charge in [0.1, 0.15) is 11.3 Å². The van der Waals surface area contributed by atoms with E-state index in [9.17, 15) is 9.59 Å². The number of rotatable bonds is 3. The molecule has 1 aliphatic carbocycles. The second kappa shape index (κ2) is 4.81. The maximum atomic E-state index is 11.8. The van der Waals surface area contributed by atoms with Gasteiger partial charge in [-0.15, -0.1) is 0 Å². The third-order valence-electron chi connectivity index (χ3n) is 2.88. The quantitative estimate of drug-likeness (QED) is 0.852. The minimum absolute atomic E-state index is 0.0137. The third-order valence-corrected chi connectivity index (χ3v) is 2.88. The molecule has 1 aromatic rings. The number of methoxy groups -OCH3 is 1. The van der Waals surface area contributed by atoms with Gasteiger partial charge >= 0.3 is 12.1 Å². The first-order valence-corrected chi connectivity index (χ1v) is 6.32. The van der Waals surface area contributed by atoms with Crippen LogP contribution < -0.4 is 5.32 Å². The van der Waals surface area contributed by atoms with Gasteiger partial charge in [-0.1, -0.05) is 5.16 Å². The number of hydrogen-bond acceptors (Lipinski definition) is 6. The van der Waals surface area contributed by atoms with Gasteiger partial charge in [-0.25, -0.2) is 9.59 Å². The SMILES string of the molecule is COC(=O)c1cc(C2(NC(=O)OC(C)(C)C)CC2)no1. The highest BCUT2D eigenvalue weighted by Gasteiger charge is 2.49. The van der Waals surface area contributed by atoms with Crippen LogP contribution in [0, 0.1) is 0 Å². The van der Waals surface area contributed by atoms with Gasteiger partial charge in [-0.2, -0.15) is 0 Å². The molecule has 7 heteroatoms. The largest absolute Gasteiger partial charge is 0.463 e. The minimum atomic E-state index is -0.600. The number of alkyl carbamates (subject to hydrolysis) is 1. The molecular weight excluding hydrogens is 264 g/mol. The zero-order valence-corrected chi connectivity index (χ0v) is 12.0. The highest BCUT2D eigenvalue weighted by atomic mass is 16.6. The summed E-state index contributed by atoms with van der Waals surface area (Å²) in [6.07, 6.45) is 0.927. The molecule has 0 atom stereocenters. The number of hydrogen-bond donors (Lipinski definition) is 1. The Hall–Kier alpha value is -2.05. The van der Waals surface area contributed by atoms with Crippen molar-refractivity contribution in [3.8, 4) is 0 Å². The second-order valence-corrected chi connectivity index (χ2v) is 5.78. The van der Waals surface area contributed by atoms with Gasteiger partial charge in [0.15, 0.2) is 0 Å². The summed E-state index contributed by atoms with van der Waals surface area (Å²) in [6, 6.07) is 1.48. The normalized spacial score (nSPS) is 16.4. The number of nitrogens with zero attached hydrogens (tertiary/aromatic N) is 1. The lowest BCUT2D eigenvalue weighted by atomic mass is 10.1. The van der Waals surface area contributed by atoms with E-state index >= 15 is 0 Å². The van der Waals surface area contributed by atoms with E-state index in [4.69, 9.17) is 9.26 Å². The highest BCUT2D eigenvalue weighted by Crippen LogP contribution is 2.45. The van der Waals surface area contributed by atoms with Gasteiger partial charge in [0, 0.05) is 6.07 Å². The Kier molecular flexibility index (Phi) is 3.45. The number of carbonyl (C=O) groups excluding carboxylic acids is 2. The van der Waals surface area contributed by atoms with E-state index < -0.39 is 23.2 Å². The molecule has 0 bridgehead atoms. The molecule has 0 unspecified atom stereocenters. The fourth-order valence-corrected chi connectivity index (χ4v) is 1.77. The molecule has 0 saturated heterocycles. The summed E-state index contributed by atoms with van der Waals surface area (Å²) in [5, 5.41) is 6.60. The average Bonchev–Trinajstić information content (AvgIpc) is 2.91. The van der Waals surface area contributed by atoms with Crippen LogP contribution in [0.4, 0.5) is 4.79 Å². The summed E-state index contributed by atoms with van der Waals surface area (Å²) in [5.41, 5.74) is -0.664. The number of nitrogens with one attached hydrogen (secondary N) is 1. The Bertz CT molecular complexity index is 525. The summed E-state index contributed by atoms with van der Waals surface area (Å²) >= 11 is 0. The predicted octanol–water partition coefficient (Wildman–Crippen LogP) is 1.97. The van der Waals surface area contributed by atoms with Crippen LogP contribution in [-0.2, 0) is 15.0 Å². The smallest absolute Gasteiger partial charge is 0.408 e. The first-order chi connectivity index (χ1) is 9.26. The van der Waals surface area contributed by atoms with Crippen molar-refractivity contribution in [2.24, 2.45) is 0 Å². The van der Waals surface area contributed by atoms with E-state index in [2.05, 4.69) is 15.2 Å². The standard InChI is InChI=1S/C13H18N2O5/c1-12(2,3)19-11(17)14-13(5-6-13)9-7-8(20-15-9)10(16)18-4/h7H,5-6H2,1-4H3,(H,14,17). The summed E-state index contributed by atoms with van der Waals surface area (Å²) in [7, 11) is 1.26. The lowest BCUT2D eigenvalue weighted by molar-refractivity contribution is 0.0490. The fourth-order valence-electron chi connectivity index (χ4n) is 1.77. The van der Waals surface area contributed by atoms with Crippen molar-refractivity contribution >= 4 is 12.1 Å². The molecule has 0 aliphatic heterocycles. The number of esters is 1. The van der Waals surface area contributed by atoms with Crippen molar-refractivity contribution in [2.45, 2.75) is 44.8 Å². The highest BCUT2D eigenvalue weighted by molar-refractivity contribution is 5.86. The van der Waals surface area contributed by atoms with Crippen LogP contribution in [0.3, 0.4) is 0 Å². The Morgan fingerprint density at radius 2 is 2.05 bits per heavy atom. The number of aromatic nitrogens is 1. The minimum Gasteiger partial charge on any atom is -0.463 e. The van der Waals surface area contributed by atoms with Gasteiger partial charge in [-0.3, -0.25) is 0 Å². The van der Waals surface area contributed by atoms with Crippen LogP contribution in [0.25, 0.3) is 0 Å². The van der Waals surface area contributed by atoms with Crippen LogP contribution in [0.1, 0.15) is 49.9 Å². The molecule has 0 spiro atoms. The van der Waals surface area contributed by atoms with Gasteiger partial charge in [0.2, 0.25) is 5.76 Å². The van der Waals surface area contributed by atoms with Gasteiger partial charge < -0.3 is 19.3 Å². The molecule has 0 radical (unpaired) electrons. The molecule has 0 aromatic carbocycles. The summed E-state index contributed by atoms with van der Waals surface area (Å²) in [6.45, 7) is 5.37. The Balaban J connectivity index is 2.06. The lowest BCUT2D eigenvalue weighted by Crippen LogP contribution is -2.39. The van der Waals surface area contributed by atoms with Gasteiger partial charge in [0.25, 0.3) is 0 Å². The molecule has 2 rings (SSSR count). The summed E-state index contributed by atoms with van der Waals surface area (Å²) in [5.74, 6) is -0.586. The molecule has 1 N–H and O–H groups in total. The molecule has 1 saturated carbocycles. The van der Waals surface area contributed by atoms with Crippen molar-refractivity contribution in [1.29, 1.82) is 0 Å². The molecule has 1 amide bonds. The fraction of sp³-hybridized carbons (Fsp3) is 0.615. The summed E-state index contributed by atoms with van der Waals surface area (Å²) in [4.78, 5) is 23.1. The van der Waals surface area contributed by atoms with E-state index in [1.165, 1.54) is 13.2 Å². The molecule has 7 nitrogen and oxygen atoms in total. The number of ether oxygens (including phenoxy) is 2. The van der Waals surface area contributed by atoms with Crippen LogP contribution in [0.15, 0.2) is 10.6 Å². The van der Waals surface area contributed by atoms with Crippen molar-refractivity contribution in [2.75, 3.05) is 7.11 Å². The van der Waals surface area contributed by atoms with E-state index in [0.29, 0.717) is 5.69 Å². The number of carbonyl (C=O) groups is 2. The maximum Gasteiger partial charge on any atom is 0.408 e. The molecule has 110 valence electrons. The molecule has 20 heavy (non-hydrogen) atoms. The Morgan fingerprint density at radius 1 is 1.40 bits per heavy atom.